The second kappa shape index (κ2) is 6.43. The van der Waals surface area contributed by atoms with Crippen LogP contribution in [0.1, 0.15) is 31.2 Å². The third-order valence-electron chi connectivity index (χ3n) is 4.92. The van der Waals surface area contributed by atoms with Crippen LogP contribution in [0.2, 0.25) is 0 Å². The molecular weight excluding hydrogens is 302 g/mol. The first kappa shape index (κ1) is 15.4. The molecule has 1 saturated carbocycles. The van der Waals surface area contributed by atoms with Crippen molar-refractivity contribution in [1.29, 1.82) is 0 Å². The van der Waals surface area contributed by atoms with Crippen molar-refractivity contribution in [3.63, 3.8) is 0 Å². The zero-order chi connectivity index (χ0) is 16.4. The lowest BCUT2D eigenvalue weighted by atomic mass is 9.85. The van der Waals surface area contributed by atoms with E-state index in [1.54, 1.807) is 7.11 Å². The van der Waals surface area contributed by atoms with E-state index in [1.165, 1.54) is 0 Å². The minimum atomic E-state index is -0.311. The molecule has 1 aromatic heterocycles. The number of rotatable bonds is 1. The van der Waals surface area contributed by atoms with Gasteiger partial charge in [-0.05, 0) is 37.1 Å². The lowest BCUT2D eigenvalue weighted by Gasteiger charge is -2.33. The molecule has 4 nitrogen and oxygen atoms in total. The lowest BCUT2D eigenvalue weighted by Crippen LogP contribution is -2.34. The van der Waals surface area contributed by atoms with E-state index in [1.807, 2.05) is 30.5 Å². The molecule has 0 amide bonds. The standard InChI is InChI=1S/C20H21NO3/c1-22-17-4-5-19-18(14-17)16(8-11-21-19)3-2-15-6-9-20(10-7-15)23-12-13-24-20/h4-5,8,11,14-15H,6-7,9-10,12-13H2,1H3. The monoisotopic (exact) mass is 323 g/mol. The summed E-state index contributed by atoms with van der Waals surface area (Å²) >= 11 is 0. The Morgan fingerprint density at radius 1 is 1.17 bits per heavy atom. The molecule has 0 atom stereocenters. The lowest BCUT2D eigenvalue weighted by molar-refractivity contribution is -0.180. The zero-order valence-corrected chi connectivity index (χ0v) is 13.9. The Morgan fingerprint density at radius 2 is 1.96 bits per heavy atom. The van der Waals surface area contributed by atoms with Gasteiger partial charge >= 0.3 is 0 Å². The van der Waals surface area contributed by atoms with E-state index in [-0.39, 0.29) is 5.79 Å². The van der Waals surface area contributed by atoms with Gasteiger partial charge < -0.3 is 14.2 Å². The smallest absolute Gasteiger partial charge is 0.168 e. The van der Waals surface area contributed by atoms with Gasteiger partial charge in [0.1, 0.15) is 5.75 Å². The second-order valence-electron chi connectivity index (χ2n) is 6.39. The highest BCUT2D eigenvalue weighted by molar-refractivity contribution is 5.86. The molecule has 4 rings (SSSR count). The fourth-order valence-electron chi connectivity index (χ4n) is 3.53. The number of benzene rings is 1. The van der Waals surface area contributed by atoms with Gasteiger partial charge in [0, 0.05) is 35.9 Å². The van der Waals surface area contributed by atoms with E-state index in [9.17, 15) is 0 Å². The SMILES string of the molecule is COc1ccc2nccc(C#CC3CCC4(CC3)OCCO4)c2c1. The summed E-state index contributed by atoms with van der Waals surface area (Å²) in [6.07, 6.45) is 5.75. The Morgan fingerprint density at radius 3 is 2.71 bits per heavy atom. The van der Waals surface area contributed by atoms with Crippen LogP contribution in [-0.2, 0) is 9.47 Å². The quantitative estimate of drug-likeness (QED) is 0.753. The van der Waals surface area contributed by atoms with Gasteiger partial charge in [0.05, 0.1) is 25.8 Å². The molecule has 2 heterocycles. The van der Waals surface area contributed by atoms with Crippen molar-refractivity contribution >= 4 is 10.9 Å². The highest BCUT2D eigenvalue weighted by Gasteiger charge is 2.39. The van der Waals surface area contributed by atoms with Crippen LogP contribution in [0, 0.1) is 17.8 Å². The van der Waals surface area contributed by atoms with Gasteiger partial charge in [0.25, 0.3) is 0 Å². The molecule has 124 valence electrons. The summed E-state index contributed by atoms with van der Waals surface area (Å²) in [6, 6.07) is 7.87. The van der Waals surface area contributed by atoms with Gasteiger partial charge in [-0.1, -0.05) is 11.8 Å². The van der Waals surface area contributed by atoms with Gasteiger partial charge in [-0.25, -0.2) is 0 Å². The number of pyridine rings is 1. The third kappa shape index (κ3) is 2.98. The summed E-state index contributed by atoms with van der Waals surface area (Å²) < 4.78 is 16.9. The van der Waals surface area contributed by atoms with Gasteiger partial charge in [-0.15, -0.1) is 0 Å². The number of ether oxygens (including phenoxy) is 3. The van der Waals surface area contributed by atoms with E-state index in [0.717, 1.165) is 61.1 Å². The predicted octanol–water partition coefficient (Wildman–Crippen LogP) is 3.53. The van der Waals surface area contributed by atoms with Crippen molar-refractivity contribution in [3.05, 3.63) is 36.0 Å². The zero-order valence-electron chi connectivity index (χ0n) is 13.9. The molecule has 1 spiro atoms. The Bertz CT molecular complexity index is 789. The normalized spacial score (nSPS) is 20.0. The number of hydrogen-bond donors (Lipinski definition) is 0. The number of fused-ring (bicyclic) bond motifs is 1. The molecule has 0 bridgehead atoms. The van der Waals surface area contributed by atoms with Crippen LogP contribution >= 0.6 is 0 Å². The summed E-state index contributed by atoms with van der Waals surface area (Å²) in [7, 11) is 1.67. The van der Waals surface area contributed by atoms with Crippen LogP contribution in [0.3, 0.4) is 0 Å². The fourth-order valence-corrected chi connectivity index (χ4v) is 3.53. The molecular formula is C20H21NO3. The first-order chi connectivity index (χ1) is 11.8. The highest BCUT2D eigenvalue weighted by Crippen LogP contribution is 2.38. The first-order valence-corrected chi connectivity index (χ1v) is 8.50. The molecule has 2 aliphatic rings. The minimum Gasteiger partial charge on any atom is -0.497 e. The first-order valence-electron chi connectivity index (χ1n) is 8.50. The van der Waals surface area contributed by atoms with Crippen LogP contribution in [0.4, 0.5) is 0 Å². The van der Waals surface area contributed by atoms with Crippen molar-refractivity contribution in [1.82, 2.24) is 4.98 Å². The Labute approximate surface area is 142 Å². The number of hydrogen-bond acceptors (Lipinski definition) is 4. The molecule has 1 aliphatic carbocycles. The van der Waals surface area contributed by atoms with Gasteiger partial charge in [0.2, 0.25) is 0 Å². The van der Waals surface area contributed by atoms with Crippen molar-refractivity contribution < 1.29 is 14.2 Å². The summed E-state index contributed by atoms with van der Waals surface area (Å²) in [4.78, 5) is 4.40. The Hall–Kier alpha value is -2.09. The molecule has 0 radical (unpaired) electrons. The Kier molecular flexibility index (Phi) is 4.13. The van der Waals surface area contributed by atoms with Gasteiger partial charge in [0.15, 0.2) is 5.79 Å². The molecule has 1 aromatic carbocycles. The average molecular weight is 323 g/mol. The average Bonchev–Trinajstić information content (AvgIpc) is 3.09. The van der Waals surface area contributed by atoms with Crippen molar-refractivity contribution in [2.24, 2.45) is 5.92 Å². The molecule has 4 heteroatoms. The van der Waals surface area contributed by atoms with E-state index in [2.05, 4.69) is 16.8 Å². The molecule has 0 N–H and O–H groups in total. The number of aromatic nitrogens is 1. The predicted molar refractivity (Wildman–Crippen MR) is 91.8 cm³/mol. The maximum Gasteiger partial charge on any atom is 0.168 e. The van der Waals surface area contributed by atoms with Crippen molar-refractivity contribution in [2.75, 3.05) is 20.3 Å². The van der Waals surface area contributed by atoms with Crippen LogP contribution in [-0.4, -0.2) is 31.1 Å². The van der Waals surface area contributed by atoms with E-state index >= 15 is 0 Å². The third-order valence-corrected chi connectivity index (χ3v) is 4.92. The van der Waals surface area contributed by atoms with Crippen LogP contribution < -0.4 is 4.74 Å². The summed E-state index contributed by atoms with van der Waals surface area (Å²) in [5.74, 6) is 7.72. The molecule has 24 heavy (non-hydrogen) atoms. The summed E-state index contributed by atoms with van der Waals surface area (Å²) in [6.45, 7) is 1.45. The van der Waals surface area contributed by atoms with E-state index < -0.39 is 0 Å². The van der Waals surface area contributed by atoms with Gasteiger partial charge in [-0.2, -0.15) is 0 Å². The maximum absolute atomic E-state index is 5.78. The molecule has 2 aromatic rings. The largest absolute Gasteiger partial charge is 0.497 e. The maximum atomic E-state index is 5.78. The fraction of sp³-hybridized carbons (Fsp3) is 0.450. The molecule has 1 saturated heterocycles. The number of nitrogens with zero attached hydrogens (tertiary/aromatic N) is 1. The summed E-state index contributed by atoms with van der Waals surface area (Å²) in [5, 5.41) is 1.04. The van der Waals surface area contributed by atoms with Crippen LogP contribution in [0.25, 0.3) is 10.9 Å². The number of methoxy groups -OCH3 is 1. The van der Waals surface area contributed by atoms with Crippen LogP contribution in [0.15, 0.2) is 30.5 Å². The summed E-state index contributed by atoms with van der Waals surface area (Å²) in [5.41, 5.74) is 1.95. The topological polar surface area (TPSA) is 40.6 Å². The van der Waals surface area contributed by atoms with E-state index in [0.29, 0.717) is 5.92 Å². The molecule has 1 aliphatic heterocycles. The van der Waals surface area contributed by atoms with Crippen molar-refractivity contribution in [2.45, 2.75) is 31.5 Å². The highest BCUT2D eigenvalue weighted by atomic mass is 16.7. The van der Waals surface area contributed by atoms with Gasteiger partial charge in [-0.3, -0.25) is 4.98 Å². The molecule has 0 unspecified atom stereocenters. The van der Waals surface area contributed by atoms with Crippen LogP contribution in [0.5, 0.6) is 5.75 Å². The second-order valence-corrected chi connectivity index (χ2v) is 6.39. The Balaban J connectivity index is 1.54. The minimum absolute atomic E-state index is 0.311. The van der Waals surface area contributed by atoms with Crippen molar-refractivity contribution in [3.8, 4) is 17.6 Å². The van der Waals surface area contributed by atoms with E-state index in [4.69, 9.17) is 14.2 Å². The molecule has 2 fully saturated rings.